The maximum atomic E-state index is 6.99. The van der Waals surface area contributed by atoms with Gasteiger partial charge in [0.25, 0.3) is 0 Å². The number of likely N-dealkylation sites (tertiary alicyclic amines) is 1. The molecule has 136 valence electrons. The fourth-order valence-electron chi connectivity index (χ4n) is 5.63. The van der Waals surface area contributed by atoms with Gasteiger partial charge in [0.1, 0.15) is 0 Å². The smallest absolute Gasteiger partial charge is 0.231 e. The normalized spacial score (nSPS) is 31.9. The van der Waals surface area contributed by atoms with Crippen LogP contribution in [0, 0.1) is 5.92 Å². The zero-order valence-electron chi connectivity index (χ0n) is 15.4. The van der Waals surface area contributed by atoms with E-state index in [4.69, 9.17) is 4.84 Å². The standard InChI is InChI=1S/C23H28N2O/c1-3-11-19(12-4-1)22-21-15-7-8-16-23(21,24-17-9-10-18-24)26-25(22)20-13-5-2-6-14-20/h1-6,11-14,21-22H,7-10,15-18H2/p+1/t21-,22-,23+/m1/s1. The second kappa shape index (κ2) is 6.71. The molecule has 3 aliphatic rings. The van der Waals surface area contributed by atoms with Crippen LogP contribution < -0.4 is 9.96 Å². The van der Waals surface area contributed by atoms with Crippen LogP contribution in [0.25, 0.3) is 0 Å². The third kappa shape index (κ3) is 2.57. The summed E-state index contributed by atoms with van der Waals surface area (Å²) in [5.74, 6) is 0.562. The molecule has 3 fully saturated rings. The molecule has 1 aliphatic carbocycles. The molecule has 0 unspecified atom stereocenters. The van der Waals surface area contributed by atoms with Crippen LogP contribution in [-0.4, -0.2) is 18.8 Å². The van der Waals surface area contributed by atoms with Crippen LogP contribution in [0.15, 0.2) is 60.7 Å². The average molecular weight is 349 g/mol. The molecule has 26 heavy (non-hydrogen) atoms. The number of benzene rings is 2. The van der Waals surface area contributed by atoms with Gasteiger partial charge < -0.3 is 4.90 Å². The van der Waals surface area contributed by atoms with E-state index in [0.717, 1.165) is 0 Å². The van der Waals surface area contributed by atoms with E-state index in [2.05, 4.69) is 65.7 Å². The van der Waals surface area contributed by atoms with Gasteiger partial charge >= 0.3 is 0 Å². The van der Waals surface area contributed by atoms with Crippen molar-refractivity contribution < 1.29 is 9.74 Å². The topological polar surface area (TPSA) is 16.9 Å². The molecule has 5 rings (SSSR count). The summed E-state index contributed by atoms with van der Waals surface area (Å²) < 4.78 is 0. The minimum Gasteiger partial charge on any atom is -0.305 e. The lowest BCUT2D eigenvalue weighted by molar-refractivity contribution is -0.972. The van der Waals surface area contributed by atoms with Crippen molar-refractivity contribution in [3.63, 3.8) is 0 Å². The minimum absolute atomic E-state index is 0.0366. The average Bonchev–Trinajstić information content (AvgIpc) is 3.36. The Morgan fingerprint density at radius 3 is 2.27 bits per heavy atom. The van der Waals surface area contributed by atoms with Crippen LogP contribution in [0.5, 0.6) is 0 Å². The van der Waals surface area contributed by atoms with E-state index < -0.39 is 0 Å². The van der Waals surface area contributed by atoms with Crippen molar-refractivity contribution in [2.24, 2.45) is 5.92 Å². The molecule has 2 aliphatic heterocycles. The number of anilines is 1. The Kier molecular flexibility index (Phi) is 4.22. The molecule has 3 atom stereocenters. The van der Waals surface area contributed by atoms with E-state index in [0.29, 0.717) is 12.0 Å². The Balaban J connectivity index is 1.61. The highest BCUT2D eigenvalue weighted by Gasteiger charge is 2.62. The molecular formula is C23H29N2O+. The summed E-state index contributed by atoms with van der Waals surface area (Å²) in [5.41, 5.74) is 2.54. The van der Waals surface area contributed by atoms with Crippen molar-refractivity contribution >= 4 is 5.69 Å². The zero-order valence-corrected chi connectivity index (χ0v) is 15.4. The number of hydrogen-bond acceptors (Lipinski definition) is 2. The van der Waals surface area contributed by atoms with Crippen LogP contribution in [0.1, 0.15) is 50.1 Å². The summed E-state index contributed by atoms with van der Waals surface area (Å²) in [6.07, 6.45) is 7.77. The van der Waals surface area contributed by atoms with E-state index >= 15 is 0 Å². The summed E-state index contributed by atoms with van der Waals surface area (Å²) in [6.45, 7) is 2.53. The fourth-order valence-corrected chi connectivity index (χ4v) is 5.63. The second-order valence-electron chi connectivity index (χ2n) is 8.16. The van der Waals surface area contributed by atoms with Crippen molar-refractivity contribution in [1.82, 2.24) is 0 Å². The van der Waals surface area contributed by atoms with Crippen LogP contribution in [0.3, 0.4) is 0 Å². The highest BCUT2D eigenvalue weighted by atomic mass is 16.7. The molecule has 1 saturated carbocycles. The first kappa shape index (κ1) is 16.3. The van der Waals surface area contributed by atoms with Crippen molar-refractivity contribution in [2.75, 3.05) is 18.2 Å². The Hall–Kier alpha value is -1.84. The molecule has 0 bridgehead atoms. The van der Waals surface area contributed by atoms with E-state index in [9.17, 15) is 0 Å². The van der Waals surface area contributed by atoms with Gasteiger partial charge in [0.05, 0.1) is 30.7 Å². The number of para-hydroxylation sites is 1. The molecule has 0 radical (unpaired) electrons. The summed E-state index contributed by atoms with van der Waals surface area (Å²) in [5, 5.41) is 2.26. The zero-order chi connectivity index (χ0) is 17.4. The Labute approximate surface area is 156 Å². The highest BCUT2D eigenvalue weighted by Crippen LogP contribution is 2.51. The molecule has 3 heteroatoms. The van der Waals surface area contributed by atoms with Gasteiger partial charge in [0.15, 0.2) is 0 Å². The maximum Gasteiger partial charge on any atom is 0.231 e. The Morgan fingerprint density at radius 1 is 0.846 bits per heavy atom. The first-order valence-electron chi connectivity index (χ1n) is 10.3. The van der Waals surface area contributed by atoms with Gasteiger partial charge in [-0.1, -0.05) is 55.0 Å². The molecule has 0 amide bonds. The van der Waals surface area contributed by atoms with Crippen molar-refractivity contribution in [3.05, 3.63) is 66.2 Å². The quantitative estimate of drug-likeness (QED) is 0.909. The van der Waals surface area contributed by atoms with Gasteiger partial charge in [-0.3, -0.25) is 0 Å². The lowest BCUT2D eigenvalue weighted by Gasteiger charge is -2.40. The summed E-state index contributed by atoms with van der Waals surface area (Å²) >= 11 is 0. The largest absolute Gasteiger partial charge is 0.305 e. The predicted molar refractivity (Wildman–Crippen MR) is 104 cm³/mol. The van der Waals surface area contributed by atoms with E-state index in [1.165, 1.54) is 62.9 Å². The molecule has 2 saturated heterocycles. The summed E-state index contributed by atoms with van der Waals surface area (Å²) in [6, 6.07) is 22.1. The number of nitrogens with one attached hydrogen (secondary N) is 1. The minimum atomic E-state index is -0.0366. The third-order valence-corrected chi connectivity index (χ3v) is 6.76. The predicted octanol–water partition coefficient (Wildman–Crippen LogP) is 3.74. The molecule has 0 spiro atoms. The number of hydrogen-bond donors (Lipinski definition) is 1. The van der Waals surface area contributed by atoms with Crippen molar-refractivity contribution in [1.29, 1.82) is 0 Å². The molecule has 0 aromatic heterocycles. The fraction of sp³-hybridized carbons (Fsp3) is 0.478. The molecule has 2 heterocycles. The van der Waals surface area contributed by atoms with Crippen molar-refractivity contribution in [3.8, 4) is 0 Å². The summed E-state index contributed by atoms with van der Waals surface area (Å²) in [7, 11) is 0. The Morgan fingerprint density at radius 2 is 1.54 bits per heavy atom. The van der Waals surface area contributed by atoms with Gasteiger partial charge in [0, 0.05) is 19.3 Å². The molecule has 1 N–H and O–H groups in total. The highest BCUT2D eigenvalue weighted by molar-refractivity contribution is 5.48. The van der Waals surface area contributed by atoms with Crippen molar-refractivity contribution in [2.45, 2.75) is 50.3 Å². The number of fused-ring (bicyclic) bond motifs is 1. The van der Waals surface area contributed by atoms with Gasteiger partial charge in [-0.15, -0.1) is 0 Å². The van der Waals surface area contributed by atoms with E-state index in [1.54, 1.807) is 4.90 Å². The van der Waals surface area contributed by atoms with Crippen LogP contribution >= 0.6 is 0 Å². The van der Waals surface area contributed by atoms with Crippen LogP contribution in [0.2, 0.25) is 0 Å². The number of nitrogens with zero attached hydrogens (tertiary/aromatic N) is 1. The third-order valence-electron chi connectivity index (χ3n) is 6.76. The number of rotatable bonds is 3. The monoisotopic (exact) mass is 349 g/mol. The van der Waals surface area contributed by atoms with Gasteiger partial charge in [-0.2, -0.15) is 0 Å². The van der Waals surface area contributed by atoms with Crippen LogP contribution in [-0.2, 0) is 4.84 Å². The number of quaternary nitrogens is 1. The van der Waals surface area contributed by atoms with Gasteiger partial charge in [0.2, 0.25) is 5.72 Å². The van der Waals surface area contributed by atoms with Gasteiger partial charge in [-0.25, -0.2) is 9.90 Å². The lowest BCUT2D eigenvalue weighted by atomic mass is 9.75. The first-order chi connectivity index (χ1) is 12.9. The SMILES string of the molecule is c1ccc([C@@H]2[C@H]3CCCC[C@]3([NH+]3CCCC3)ON2c2ccccc2)cc1. The lowest BCUT2D eigenvalue weighted by Crippen LogP contribution is -3.20. The second-order valence-corrected chi connectivity index (χ2v) is 8.16. The molecule has 2 aromatic carbocycles. The van der Waals surface area contributed by atoms with E-state index in [-0.39, 0.29) is 5.72 Å². The summed E-state index contributed by atoms with van der Waals surface area (Å²) in [4.78, 5) is 8.68. The molecule has 3 nitrogen and oxygen atoms in total. The first-order valence-corrected chi connectivity index (χ1v) is 10.3. The van der Waals surface area contributed by atoms with Crippen LogP contribution in [0.4, 0.5) is 5.69 Å². The van der Waals surface area contributed by atoms with E-state index in [1.807, 2.05) is 0 Å². The van der Waals surface area contributed by atoms with Gasteiger partial charge in [-0.05, 0) is 30.5 Å². The Bertz CT molecular complexity index is 728. The molecular weight excluding hydrogens is 320 g/mol. The molecule has 2 aromatic rings. The number of hydroxylamine groups is 1. The maximum absolute atomic E-state index is 6.99.